The van der Waals surface area contributed by atoms with Crippen molar-refractivity contribution in [3.05, 3.63) is 83.4 Å². The molecule has 5 atom stereocenters. The van der Waals surface area contributed by atoms with Gasteiger partial charge in [-0.15, -0.1) is 0 Å². The number of rotatable bonds is 10. The maximum atomic E-state index is 12.1. The number of carbonyl (C=O) groups is 1. The van der Waals surface area contributed by atoms with Gasteiger partial charge in [0.05, 0.1) is 12.8 Å². The fourth-order valence-corrected chi connectivity index (χ4v) is 6.43. The number of hydrogen-bond donors (Lipinski definition) is 3. The Morgan fingerprint density at radius 1 is 0.891 bits per heavy atom. The summed E-state index contributed by atoms with van der Waals surface area (Å²) in [5.74, 6) is 0.354. The molecule has 0 saturated carbocycles. The highest BCUT2D eigenvalue weighted by molar-refractivity contribution is 5.92. The molecule has 244 valence electrons. The summed E-state index contributed by atoms with van der Waals surface area (Å²) in [5.41, 5.74) is 6.64. The largest absolute Gasteiger partial charge is 0.492 e. The molecular weight excluding hydrogens is 588 g/mol. The Morgan fingerprint density at radius 2 is 1.59 bits per heavy atom. The number of benzene rings is 3. The molecule has 0 aliphatic carbocycles. The first-order chi connectivity index (χ1) is 22.2. The maximum Gasteiger partial charge on any atom is 0.337 e. The first-order valence-electron chi connectivity index (χ1n) is 15.8. The van der Waals surface area contributed by atoms with Crippen LogP contribution in [0.5, 0.6) is 11.5 Å². The third-order valence-corrected chi connectivity index (χ3v) is 8.99. The first-order valence-corrected chi connectivity index (χ1v) is 15.8. The number of aromatic nitrogens is 1. The van der Waals surface area contributed by atoms with Crippen molar-refractivity contribution in [2.45, 2.75) is 63.9 Å². The van der Waals surface area contributed by atoms with Gasteiger partial charge < -0.3 is 38.8 Å². The Labute approximate surface area is 268 Å². The first kappa shape index (κ1) is 32.0. The van der Waals surface area contributed by atoms with Gasteiger partial charge in [-0.05, 0) is 105 Å². The lowest BCUT2D eigenvalue weighted by atomic mass is 9.99. The Bertz CT molecular complexity index is 1650. The molecule has 2 aliphatic rings. The lowest BCUT2D eigenvalue weighted by Gasteiger charge is -2.38. The maximum absolute atomic E-state index is 12.1. The summed E-state index contributed by atoms with van der Waals surface area (Å²) < 4.78 is 24.3. The third-order valence-electron chi connectivity index (χ3n) is 8.99. The van der Waals surface area contributed by atoms with Gasteiger partial charge in [0.1, 0.15) is 36.4 Å². The highest BCUT2D eigenvalue weighted by Gasteiger charge is 2.48. The molecule has 2 fully saturated rings. The molecule has 3 heterocycles. The van der Waals surface area contributed by atoms with Crippen LogP contribution in [-0.4, -0.2) is 94.8 Å². The number of esters is 1. The van der Waals surface area contributed by atoms with Gasteiger partial charge in [-0.2, -0.15) is 0 Å². The fraction of sp³-hybridized carbons (Fsp3) is 0.417. The zero-order valence-electron chi connectivity index (χ0n) is 26.5. The zero-order valence-corrected chi connectivity index (χ0v) is 26.5. The van der Waals surface area contributed by atoms with Gasteiger partial charge in [0.15, 0.2) is 6.10 Å². The van der Waals surface area contributed by atoms with Crippen LogP contribution in [0.3, 0.4) is 0 Å². The standard InChI is InChI=1S/C36H42N2O8/c1-22-6-15-29-28(20-22)23(2)30(38(29)21-24-7-11-26(12-8-24)44-19-18-37-16-4-5-17-37)25-9-13-27(14-10-25)45-36-33(41)31(39)32(40)34(46-36)35(42)43-3/h6-15,20,31-34,36,39-41H,4-5,16-19,21H2,1-3H3. The Kier molecular flexibility index (Phi) is 9.62. The lowest BCUT2D eigenvalue weighted by Crippen LogP contribution is -2.61. The minimum absolute atomic E-state index is 0.358. The van der Waals surface area contributed by atoms with Gasteiger partial charge in [0.25, 0.3) is 0 Å². The van der Waals surface area contributed by atoms with Crippen LogP contribution in [-0.2, 0) is 20.8 Å². The van der Waals surface area contributed by atoms with Crippen LogP contribution in [0.25, 0.3) is 22.2 Å². The third kappa shape index (κ3) is 6.63. The molecule has 1 aromatic heterocycles. The fourth-order valence-electron chi connectivity index (χ4n) is 6.43. The van der Waals surface area contributed by atoms with E-state index in [1.54, 1.807) is 12.1 Å². The van der Waals surface area contributed by atoms with Gasteiger partial charge in [0.2, 0.25) is 6.29 Å². The van der Waals surface area contributed by atoms with Crippen molar-refractivity contribution >= 4 is 16.9 Å². The number of methoxy groups -OCH3 is 1. The Balaban J connectivity index is 1.22. The summed E-state index contributed by atoms with van der Waals surface area (Å²) in [4.78, 5) is 14.5. The Morgan fingerprint density at radius 3 is 2.28 bits per heavy atom. The van der Waals surface area contributed by atoms with E-state index in [1.165, 1.54) is 23.8 Å². The van der Waals surface area contributed by atoms with Gasteiger partial charge in [0, 0.05) is 24.0 Å². The monoisotopic (exact) mass is 630 g/mol. The van der Waals surface area contributed by atoms with Crippen LogP contribution in [0, 0.1) is 13.8 Å². The van der Waals surface area contributed by atoms with E-state index in [-0.39, 0.29) is 0 Å². The molecule has 3 aromatic carbocycles. The van der Waals surface area contributed by atoms with Crippen LogP contribution in [0.4, 0.5) is 0 Å². The van der Waals surface area contributed by atoms with Crippen LogP contribution in [0.2, 0.25) is 0 Å². The summed E-state index contributed by atoms with van der Waals surface area (Å²) in [6.45, 7) is 8.84. The average molecular weight is 631 g/mol. The van der Waals surface area contributed by atoms with Crippen molar-refractivity contribution in [1.82, 2.24) is 9.47 Å². The van der Waals surface area contributed by atoms with E-state index in [9.17, 15) is 20.1 Å². The van der Waals surface area contributed by atoms with Gasteiger partial charge in [-0.25, -0.2) is 4.79 Å². The van der Waals surface area contributed by atoms with Crippen molar-refractivity contribution in [2.75, 3.05) is 33.4 Å². The van der Waals surface area contributed by atoms with Gasteiger partial charge in [-0.1, -0.05) is 23.8 Å². The molecular formula is C36H42N2O8. The van der Waals surface area contributed by atoms with E-state index < -0.39 is 36.7 Å². The molecule has 4 aromatic rings. The summed E-state index contributed by atoms with van der Waals surface area (Å²) >= 11 is 0. The normalized spacial score (nSPS) is 23.5. The summed E-state index contributed by atoms with van der Waals surface area (Å²) in [6, 6.07) is 22.1. The second kappa shape index (κ2) is 13.8. The average Bonchev–Trinajstić information content (AvgIpc) is 3.68. The molecule has 0 spiro atoms. The molecule has 46 heavy (non-hydrogen) atoms. The second-order valence-electron chi connectivity index (χ2n) is 12.2. The minimum Gasteiger partial charge on any atom is -0.492 e. The zero-order chi connectivity index (χ0) is 32.4. The topological polar surface area (TPSA) is 123 Å². The van der Waals surface area contributed by atoms with E-state index in [2.05, 4.69) is 58.4 Å². The molecule has 10 heteroatoms. The number of aliphatic hydroxyl groups excluding tert-OH is 3. The summed E-state index contributed by atoms with van der Waals surface area (Å²) in [7, 11) is 1.15. The number of nitrogens with zero attached hydrogens (tertiary/aromatic N) is 2. The molecule has 6 rings (SSSR count). The predicted octanol–water partition coefficient (Wildman–Crippen LogP) is 3.81. The van der Waals surface area contributed by atoms with Crippen molar-refractivity contribution in [3.63, 3.8) is 0 Å². The van der Waals surface area contributed by atoms with E-state index >= 15 is 0 Å². The number of carbonyl (C=O) groups excluding carboxylic acids is 1. The number of fused-ring (bicyclic) bond motifs is 1. The summed E-state index contributed by atoms with van der Waals surface area (Å²) in [5, 5.41) is 32.1. The van der Waals surface area contributed by atoms with Crippen LogP contribution in [0.1, 0.15) is 29.5 Å². The van der Waals surface area contributed by atoms with Gasteiger partial charge in [-0.3, -0.25) is 4.90 Å². The predicted molar refractivity (Wildman–Crippen MR) is 173 cm³/mol. The molecule has 0 bridgehead atoms. The molecule has 2 aliphatic heterocycles. The lowest BCUT2D eigenvalue weighted by molar-refractivity contribution is -0.271. The van der Waals surface area contributed by atoms with Crippen molar-refractivity contribution < 1.29 is 39.1 Å². The number of likely N-dealkylation sites (tertiary alicyclic amines) is 1. The molecule has 3 N–H and O–H groups in total. The number of ether oxygens (including phenoxy) is 4. The molecule has 0 amide bonds. The smallest absolute Gasteiger partial charge is 0.337 e. The van der Waals surface area contributed by atoms with Crippen molar-refractivity contribution in [2.24, 2.45) is 0 Å². The van der Waals surface area contributed by atoms with Crippen LogP contribution in [0.15, 0.2) is 66.7 Å². The van der Waals surface area contributed by atoms with Crippen molar-refractivity contribution in [1.29, 1.82) is 0 Å². The number of aryl methyl sites for hydroxylation is 2. The highest BCUT2D eigenvalue weighted by Crippen LogP contribution is 2.36. The summed E-state index contributed by atoms with van der Waals surface area (Å²) in [6.07, 6.45) is -5.22. The Hall–Kier alpha value is -3.93. The quantitative estimate of drug-likeness (QED) is 0.225. The van der Waals surface area contributed by atoms with E-state index in [0.29, 0.717) is 18.9 Å². The highest BCUT2D eigenvalue weighted by atomic mass is 16.7. The SMILES string of the molecule is COC(=O)C1OC(Oc2ccc(-c3c(C)c4cc(C)ccc4n3Cc3ccc(OCCN4CCCC4)cc3)cc2)C(O)C(O)C1O. The van der Waals surface area contributed by atoms with E-state index in [1.807, 2.05) is 24.3 Å². The molecule has 2 saturated heterocycles. The van der Waals surface area contributed by atoms with Crippen molar-refractivity contribution in [3.8, 4) is 22.8 Å². The van der Waals surface area contributed by atoms with Crippen LogP contribution < -0.4 is 9.47 Å². The van der Waals surface area contributed by atoms with Gasteiger partial charge >= 0.3 is 5.97 Å². The number of hydrogen-bond acceptors (Lipinski definition) is 9. The van der Waals surface area contributed by atoms with Crippen LogP contribution >= 0.6 is 0 Å². The van der Waals surface area contributed by atoms with E-state index in [4.69, 9.17) is 14.2 Å². The molecule has 0 radical (unpaired) electrons. The second-order valence-corrected chi connectivity index (χ2v) is 12.2. The number of aliphatic hydroxyl groups is 3. The van der Waals surface area contributed by atoms with E-state index in [0.717, 1.165) is 60.4 Å². The molecule has 10 nitrogen and oxygen atoms in total. The minimum atomic E-state index is -1.65. The molecule has 5 unspecified atom stereocenters.